The van der Waals surface area contributed by atoms with Gasteiger partial charge in [-0.25, -0.2) is 4.98 Å². The quantitative estimate of drug-likeness (QED) is 0.577. The molecule has 1 aromatic carbocycles. The summed E-state index contributed by atoms with van der Waals surface area (Å²) in [7, 11) is 0. The van der Waals surface area contributed by atoms with E-state index in [0.29, 0.717) is 5.13 Å². The van der Waals surface area contributed by atoms with E-state index in [4.69, 9.17) is 0 Å². The summed E-state index contributed by atoms with van der Waals surface area (Å²) in [6.45, 7) is 0. The Bertz CT molecular complexity index is 771. The van der Waals surface area contributed by atoms with Gasteiger partial charge >= 0.3 is 0 Å². The van der Waals surface area contributed by atoms with Gasteiger partial charge in [-0.2, -0.15) is 0 Å². The number of nitrogens with one attached hydrogen (secondary N) is 3. The number of hydrazine groups is 1. The second-order valence-electron chi connectivity index (χ2n) is 5.00. The highest BCUT2D eigenvalue weighted by Gasteiger charge is 2.10. The van der Waals surface area contributed by atoms with Crippen LogP contribution in [0.25, 0.3) is 10.2 Å². The molecule has 0 saturated carbocycles. The van der Waals surface area contributed by atoms with Crippen LogP contribution in [0.3, 0.4) is 0 Å². The lowest BCUT2D eigenvalue weighted by Crippen LogP contribution is -2.42. The molecule has 3 amide bonds. The lowest BCUT2D eigenvalue weighted by molar-refractivity contribution is -0.305. The monoisotopic (exact) mass is 363 g/mol. The molecule has 0 unspecified atom stereocenters. The number of hydrogen-bond donors (Lipinski definition) is 3. The van der Waals surface area contributed by atoms with Crippen molar-refractivity contribution in [2.75, 3.05) is 5.32 Å². The first-order valence-electron chi connectivity index (χ1n) is 7.37. The van der Waals surface area contributed by atoms with Crippen LogP contribution in [0, 0.1) is 0 Å². The molecule has 132 valence electrons. The number of carboxylic acids is 1. The predicted molar refractivity (Wildman–Crippen MR) is 88.0 cm³/mol. The maximum atomic E-state index is 11.8. The van der Waals surface area contributed by atoms with Crippen molar-refractivity contribution >= 4 is 50.4 Å². The highest BCUT2D eigenvalue weighted by atomic mass is 32.1. The number of carbonyl (C=O) groups excluding carboxylic acids is 4. The summed E-state index contributed by atoms with van der Waals surface area (Å²) in [5, 5.41) is 13.3. The van der Waals surface area contributed by atoms with Crippen LogP contribution in [0.2, 0.25) is 0 Å². The topological polar surface area (TPSA) is 140 Å². The maximum Gasteiger partial charge on any atom is 0.238 e. The molecule has 0 atom stereocenters. The molecule has 1 heterocycles. The van der Waals surface area contributed by atoms with E-state index in [1.807, 2.05) is 24.3 Å². The molecule has 9 nitrogen and oxygen atoms in total. The normalized spacial score (nSPS) is 10.2. The molecule has 2 rings (SSSR count). The van der Waals surface area contributed by atoms with Crippen LogP contribution < -0.4 is 21.3 Å². The second kappa shape index (κ2) is 8.73. The lowest BCUT2D eigenvalue weighted by atomic mass is 10.3. The van der Waals surface area contributed by atoms with E-state index in [1.54, 1.807) is 0 Å². The van der Waals surface area contributed by atoms with Crippen LogP contribution in [-0.2, 0) is 19.2 Å². The van der Waals surface area contributed by atoms with E-state index in [2.05, 4.69) is 21.2 Å². The van der Waals surface area contributed by atoms with Gasteiger partial charge in [-0.15, -0.1) is 0 Å². The fraction of sp³-hybridized carbons (Fsp3) is 0.267. The van der Waals surface area contributed by atoms with Crippen molar-refractivity contribution in [3.05, 3.63) is 24.3 Å². The number of nitrogens with zero attached hydrogens (tertiary/aromatic N) is 1. The fourth-order valence-corrected chi connectivity index (χ4v) is 2.70. The number of hydrogen-bond acceptors (Lipinski definition) is 7. The number of thiazole rings is 1. The highest BCUT2D eigenvalue weighted by Crippen LogP contribution is 2.25. The van der Waals surface area contributed by atoms with E-state index in [1.165, 1.54) is 11.3 Å². The molecule has 0 aliphatic heterocycles. The molecular formula is C15H15N4O5S-. The molecule has 0 aliphatic rings. The number of amides is 3. The van der Waals surface area contributed by atoms with Crippen LogP contribution in [0.4, 0.5) is 5.13 Å². The van der Waals surface area contributed by atoms with Crippen molar-refractivity contribution in [3.8, 4) is 0 Å². The number of aliphatic carboxylic acids is 1. The van der Waals surface area contributed by atoms with Crippen molar-refractivity contribution in [2.45, 2.75) is 25.7 Å². The van der Waals surface area contributed by atoms with Crippen LogP contribution in [0.5, 0.6) is 0 Å². The van der Waals surface area contributed by atoms with Crippen molar-refractivity contribution in [1.29, 1.82) is 0 Å². The molecule has 25 heavy (non-hydrogen) atoms. The zero-order valence-electron chi connectivity index (χ0n) is 13.0. The van der Waals surface area contributed by atoms with Gasteiger partial charge in [0.05, 0.1) is 10.2 Å². The SMILES string of the molecule is O=C([O-])CCC(=O)NNC(=O)CCC(=O)Nc1nc2ccccc2s1. The Morgan fingerprint density at radius 3 is 2.16 bits per heavy atom. The van der Waals surface area contributed by atoms with E-state index in [0.717, 1.165) is 10.2 Å². The van der Waals surface area contributed by atoms with Crippen LogP contribution in [-0.4, -0.2) is 28.7 Å². The fourth-order valence-electron chi connectivity index (χ4n) is 1.81. The zero-order valence-corrected chi connectivity index (χ0v) is 13.9. The van der Waals surface area contributed by atoms with Gasteiger partial charge in [-0.05, 0) is 18.6 Å². The summed E-state index contributed by atoms with van der Waals surface area (Å²) in [4.78, 5) is 49.0. The Balaban J connectivity index is 1.69. The van der Waals surface area contributed by atoms with Crippen LogP contribution >= 0.6 is 11.3 Å². The van der Waals surface area contributed by atoms with Gasteiger partial charge in [-0.1, -0.05) is 23.5 Å². The molecule has 2 aromatic rings. The third-order valence-corrected chi connectivity index (χ3v) is 3.97. The van der Waals surface area contributed by atoms with E-state index in [-0.39, 0.29) is 25.2 Å². The number of carboxylic acid groups (broad SMARTS) is 1. The smallest absolute Gasteiger partial charge is 0.238 e. The van der Waals surface area contributed by atoms with Gasteiger partial charge in [0.2, 0.25) is 17.7 Å². The van der Waals surface area contributed by atoms with Gasteiger partial charge < -0.3 is 15.2 Å². The standard InChI is InChI=1S/C15H16N4O5S/c20-11(17-15-16-9-3-1-2-4-10(9)25-15)5-6-12(21)18-19-13(22)7-8-14(23)24/h1-4H,5-8H2,(H,18,21)(H,19,22)(H,23,24)(H,16,17,20)/p-1. The Morgan fingerprint density at radius 1 is 0.920 bits per heavy atom. The molecule has 10 heteroatoms. The van der Waals surface area contributed by atoms with Crippen LogP contribution in [0.1, 0.15) is 25.7 Å². The average molecular weight is 363 g/mol. The first kappa shape index (κ1) is 18.3. The first-order valence-corrected chi connectivity index (χ1v) is 8.18. The number of para-hydroxylation sites is 1. The molecule has 0 radical (unpaired) electrons. The van der Waals surface area contributed by atoms with E-state index >= 15 is 0 Å². The van der Waals surface area contributed by atoms with Gasteiger partial charge in [0, 0.05) is 25.2 Å². The van der Waals surface area contributed by atoms with Crippen LogP contribution in [0.15, 0.2) is 24.3 Å². The van der Waals surface area contributed by atoms with Crippen molar-refractivity contribution in [1.82, 2.24) is 15.8 Å². The Labute approximate surface area is 146 Å². The number of carbonyl (C=O) groups is 4. The number of aromatic nitrogens is 1. The predicted octanol–water partition coefficient (Wildman–Crippen LogP) is -0.308. The summed E-state index contributed by atoms with van der Waals surface area (Å²) < 4.78 is 0.940. The lowest BCUT2D eigenvalue weighted by Gasteiger charge is -2.07. The maximum absolute atomic E-state index is 11.8. The largest absolute Gasteiger partial charge is 0.550 e. The number of fused-ring (bicyclic) bond motifs is 1. The number of anilines is 1. The minimum atomic E-state index is -1.35. The van der Waals surface area contributed by atoms with Crippen molar-refractivity contribution in [2.24, 2.45) is 0 Å². The van der Waals surface area contributed by atoms with Gasteiger partial charge in [0.15, 0.2) is 5.13 Å². The molecule has 1 aromatic heterocycles. The van der Waals surface area contributed by atoms with E-state index < -0.39 is 24.2 Å². The Hall–Kier alpha value is -3.01. The molecule has 0 aliphatic carbocycles. The molecular weight excluding hydrogens is 348 g/mol. The molecule has 0 spiro atoms. The number of rotatable bonds is 7. The van der Waals surface area contributed by atoms with Gasteiger partial charge in [0.1, 0.15) is 0 Å². The third kappa shape index (κ3) is 6.18. The summed E-state index contributed by atoms with van der Waals surface area (Å²) in [6.07, 6.45) is -0.971. The molecule has 0 saturated heterocycles. The summed E-state index contributed by atoms with van der Waals surface area (Å²) >= 11 is 1.33. The highest BCUT2D eigenvalue weighted by molar-refractivity contribution is 7.22. The second-order valence-corrected chi connectivity index (χ2v) is 6.03. The van der Waals surface area contributed by atoms with Crippen molar-refractivity contribution < 1.29 is 24.3 Å². The van der Waals surface area contributed by atoms with Crippen molar-refractivity contribution in [3.63, 3.8) is 0 Å². The van der Waals surface area contributed by atoms with Gasteiger partial charge in [0.25, 0.3) is 0 Å². The zero-order chi connectivity index (χ0) is 18.2. The molecule has 0 bridgehead atoms. The molecule has 0 fully saturated rings. The summed E-state index contributed by atoms with van der Waals surface area (Å²) in [5.41, 5.74) is 4.94. The minimum Gasteiger partial charge on any atom is -0.550 e. The summed E-state index contributed by atoms with van der Waals surface area (Å²) in [6, 6.07) is 7.44. The minimum absolute atomic E-state index is 0.0866. The Kier molecular flexibility index (Phi) is 6.40. The Morgan fingerprint density at radius 2 is 1.52 bits per heavy atom. The number of benzene rings is 1. The van der Waals surface area contributed by atoms with Gasteiger partial charge in [-0.3, -0.25) is 25.2 Å². The average Bonchev–Trinajstić information content (AvgIpc) is 2.98. The van der Waals surface area contributed by atoms with E-state index in [9.17, 15) is 24.3 Å². The summed E-state index contributed by atoms with van der Waals surface area (Å²) in [5.74, 6) is -2.96. The third-order valence-electron chi connectivity index (χ3n) is 3.02. The first-order chi connectivity index (χ1) is 11.9. The molecule has 3 N–H and O–H groups in total.